The molecule has 2 N–H and O–H groups in total. The monoisotopic (exact) mass is 164 g/mol. The van der Waals surface area contributed by atoms with Crippen molar-refractivity contribution in [3.8, 4) is 0 Å². The van der Waals surface area contributed by atoms with Crippen molar-refractivity contribution in [2.45, 2.75) is 6.92 Å². The highest BCUT2D eigenvalue weighted by atomic mass is 32.1. The van der Waals surface area contributed by atoms with E-state index in [1.54, 1.807) is 11.3 Å². The summed E-state index contributed by atoms with van der Waals surface area (Å²) in [5, 5.41) is 2.01. The number of pyridine rings is 1. The molecule has 0 saturated heterocycles. The van der Waals surface area contributed by atoms with Gasteiger partial charge in [-0.15, -0.1) is 11.3 Å². The molecule has 0 aliphatic carbocycles. The van der Waals surface area contributed by atoms with Crippen LogP contribution in [0.4, 0.5) is 5.69 Å². The molecule has 0 saturated carbocycles. The zero-order valence-electron chi connectivity index (χ0n) is 6.16. The van der Waals surface area contributed by atoms with Crippen molar-refractivity contribution < 1.29 is 0 Å². The number of hydrogen-bond acceptors (Lipinski definition) is 3. The number of thiophene rings is 1. The van der Waals surface area contributed by atoms with Gasteiger partial charge >= 0.3 is 0 Å². The van der Waals surface area contributed by atoms with Gasteiger partial charge in [0.1, 0.15) is 0 Å². The first-order valence-electron chi connectivity index (χ1n) is 3.38. The second-order valence-corrected chi connectivity index (χ2v) is 3.40. The molecule has 2 rings (SSSR count). The fourth-order valence-electron chi connectivity index (χ4n) is 1.12. The predicted octanol–water partition coefficient (Wildman–Crippen LogP) is 2.19. The molecular formula is C8H8N2S. The summed E-state index contributed by atoms with van der Waals surface area (Å²) >= 11 is 1.64. The van der Waals surface area contributed by atoms with Gasteiger partial charge in [-0.2, -0.15) is 0 Å². The van der Waals surface area contributed by atoms with E-state index in [0.29, 0.717) is 0 Å². The summed E-state index contributed by atoms with van der Waals surface area (Å²) in [6.07, 6.45) is 0. The standard InChI is InChI=1S/C8H8N2S/c1-5-4-6(9)8-7(10-5)2-3-11-8/h2-4H,1H3,(H2,9,10). The first-order chi connectivity index (χ1) is 5.27. The van der Waals surface area contributed by atoms with Crippen LogP contribution in [0.2, 0.25) is 0 Å². The molecule has 11 heavy (non-hydrogen) atoms. The SMILES string of the molecule is Cc1cc(N)c2sccc2n1. The zero-order valence-corrected chi connectivity index (χ0v) is 6.98. The number of nitrogen functional groups attached to an aromatic ring is 1. The molecule has 0 fully saturated rings. The Bertz CT molecular complexity index is 392. The molecule has 2 aromatic rings. The van der Waals surface area contributed by atoms with Crippen LogP contribution in [0.1, 0.15) is 5.69 Å². The van der Waals surface area contributed by atoms with Gasteiger partial charge in [-0.3, -0.25) is 4.98 Å². The molecule has 0 spiro atoms. The Balaban J connectivity index is 2.91. The number of aryl methyl sites for hydroxylation is 1. The van der Waals surface area contributed by atoms with Gasteiger partial charge in [0.2, 0.25) is 0 Å². The maximum absolute atomic E-state index is 5.77. The second-order valence-electron chi connectivity index (χ2n) is 2.49. The van der Waals surface area contributed by atoms with Crippen molar-refractivity contribution >= 4 is 27.2 Å². The number of hydrogen-bond donors (Lipinski definition) is 1. The molecule has 3 heteroatoms. The number of fused-ring (bicyclic) bond motifs is 1. The van der Waals surface area contributed by atoms with E-state index in [9.17, 15) is 0 Å². The van der Waals surface area contributed by atoms with Gasteiger partial charge in [-0.1, -0.05) is 0 Å². The van der Waals surface area contributed by atoms with Gasteiger partial charge in [0.15, 0.2) is 0 Å². The van der Waals surface area contributed by atoms with E-state index in [4.69, 9.17) is 5.73 Å². The molecule has 0 atom stereocenters. The van der Waals surface area contributed by atoms with Gasteiger partial charge in [0.25, 0.3) is 0 Å². The van der Waals surface area contributed by atoms with Crippen molar-refractivity contribution in [2.75, 3.05) is 5.73 Å². The smallest absolute Gasteiger partial charge is 0.0833 e. The Hall–Kier alpha value is -1.09. The number of rotatable bonds is 0. The van der Waals surface area contributed by atoms with E-state index >= 15 is 0 Å². The Labute approximate surface area is 68.7 Å². The number of anilines is 1. The lowest BCUT2D eigenvalue weighted by Crippen LogP contribution is -1.88. The Morgan fingerprint density at radius 1 is 1.55 bits per heavy atom. The first kappa shape index (κ1) is 6.61. The van der Waals surface area contributed by atoms with Gasteiger partial charge < -0.3 is 5.73 Å². The summed E-state index contributed by atoms with van der Waals surface area (Å²) in [6, 6.07) is 3.89. The van der Waals surface area contributed by atoms with E-state index in [2.05, 4.69) is 4.98 Å². The Morgan fingerprint density at radius 3 is 3.18 bits per heavy atom. The van der Waals surface area contributed by atoms with Crippen LogP contribution in [0.25, 0.3) is 10.2 Å². The molecule has 2 nitrogen and oxygen atoms in total. The molecule has 2 heterocycles. The highest BCUT2D eigenvalue weighted by molar-refractivity contribution is 7.17. The van der Waals surface area contributed by atoms with Crippen LogP contribution in [0, 0.1) is 6.92 Å². The van der Waals surface area contributed by atoms with Gasteiger partial charge in [-0.25, -0.2) is 0 Å². The predicted molar refractivity (Wildman–Crippen MR) is 48.8 cm³/mol. The van der Waals surface area contributed by atoms with Crippen LogP contribution in [-0.2, 0) is 0 Å². The molecule has 0 unspecified atom stereocenters. The maximum Gasteiger partial charge on any atom is 0.0833 e. The molecule has 0 aliphatic rings. The third-order valence-electron chi connectivity index (χ3n) is 1.57. The van der Waals surface area contributed by atoms with Crippen LogP contribution < -0.4 is 5.73 Å². The topological polar surface area (TPSA) is 38.9 Å². The molecule has 0 aliphatic heterocycles. The highest BCUT2D eigenvalue weighted by Crippen LogP contribution is 2.25. The lowest BCUT2D eigenvalue weighted by Gasteiger charge is -1.96. The fourth-order valence-corrected chi connectivity index (χ4v) is 1.88. The number of aromatic nitrogens is 1. The molecule has 0 radical (unpaired) electrons. The number of nitrogens with two attached hydrogens (primary N) is 1. The van der Waals surface area contributed by atoms with Crippen molar-refractivity contribution in [3.63, 3.8) is 0 Å². The van der Waals surface area contributed by atoms with Crippen LogP contribution in [-0.4, -0.2) is 4.98 Å². The van der Waals surface area contributed by atoms with E-state index in [1.165, 1.54) is 0 Å². The van der Waals surface area contributed by atoms with Crippen LogP contribution in [0.5, 0.6) is 0 Å². The minimum absolute atomic E-state index is 0.836. The van der Waals surface area contributed by atoms with Gasteiger partial charge in [0, 0.05) is 5.69 Å². The molecular weight excluding hydrogens is 156 g/mol. The summed E-state index contributed by atoms with van der Waals surface area (Å²) < 4.78 is 1.09. The highest BCUT2D eigenvalue weighted by Gasteiger charge is 2.00. The van der Waals surface area contributed by atoms with E-state index in [0.717, 1.165) is 21.6 Å². The van der Waals surface area contributed by atoms with Crippen molar-refractivity contribution in [2.24, 2.45) is 0 Å². The Morgan fingerprint density at radius 2 is 2.36 bits per heavy atom. The summed E-state index contributed by atoms with van der Waals surface area (Å²) in [4.78, 5) is 4.33. The molecule has 0 amide bonds. The molecule has 0 aromatic carbocycles. The normalized spacial score (nSPS) is 10.6. The average Bonchev–Trinajstić information content (AvgIpc) is 2.34. The molecule has 56 valence electrons. The third-order valence-corrected chi connectivity index (χ3v) is 2.52. The van der Waals surface area contributed by atoms with Crippen molar-refractivity contribution in [1.82, 2.24) is 4.98 Å². The quantitative estimate of drug-likeness (QED) is 0.648. The Kier molecular flexibility index (Phi) is 1.32. The van der Waals surface area contributed by atoms with Gasteiger partial charge in [0.05, 0.1) is 15.9 Å². The number of nitrogens with zero attached hydrogens (tertiary/aromatic N) is 1. The maximum atomic E-state index is 5.77. The lowest BCUT2D eigenvalue weighted by molar-refractivity contribution is 1.26. The third kappa shape index (κ3) is 0.973. The van der Waals surface area contributed by atoms with E-state index < -0.39 is 0 Å². The van der Waals surface area contributed by atoms with Crippen molar-refractivity contribution in [3.05, 3.63) is 23.2 Å². The van der Waals surface area contributed by atoms with E-state index in [-0.39, 0.29) is 0 Å². The zero-order chi connectivity index (χ0) is 7.84. The minimum atomic E-state index is 0.836. The average molecular weight is 164 g/mol. The summed E-state index contributed by atoms with van der Waals surface area (Å²) in [5.41, 5.74) is 8.59. The summed E-state index contributed by atoms with van der Waals surface area (Å²) in [5.74, 6) is 0. The summed E-state index contributed by atoms with van der Waals surface area (Å²) in [6.45, 7) is 1.95. The van der Waals surface area contributed by atoms with E-state index in [1.807, 2.05) is 24.4 Å². The summed E-state index contributed by atoms with van der Waals surface area (Å²) in [7, 11) is 0. The van der Waals surface area contributed by atoms with Crippen LogP contribution in [0.3, 0.4) is 0 Å². The fraction of sp³-hybridized carbons (Fsp3) is 0.125. The lowest BCUT2D eigenvalue weighted by atomic mass is 10.3. The second kappa shape index (κ2) is 2.20. The largest absolute Gasteiger partial charge is 0.397 e. The molecule has 0 bridgehead atoms. The van der Waals surface area contributed by atoms with Crippen LogP contribution in [0.15, 0.2) is 17.5 Å². The van der Waals surface area contributed by atoms with Crippen LogP contribution >= 0.6 is 11.3 Å². The first-order valence-corrected chi connectivity index (χ1v) is 4.25. The van der Waals surface area contributed by atoms with Crippen molar-refractivity contribution in [1.29, 1.82) is 0 Å². The molecule has 2 aromatic heterocycles. The van der Waals surface area contributed by atoms with Gasteiger partial charge in [-0.05, 0) is 24.4 Å². The minimum Gasteiger partial charge on any atom is -0.397 e.